The quantitative estimate of drug-likeness (QED) is 0.611. The van der Waals surface area contributed by atoms with Gasteiger partial charge in [0.2, 0.25) is 0 Å². The number of carbonyl (C=O) groups excluding carboxylic acids is 1. The second-order valence-corrected chi connectivity index (χ2v) is 6.70. The molecule has 0 spiro atoms. The monoisotopic (exact) mass is 392 g/mol. The van der Waals surface area contributed by atoms with Gasteiger partial charge in [-0.1, -0.05) is 32.0 Å². The van der Waals surface area contributed by atoms with E-state index in [-0.39, 0.29) is 0 Å². The molecule has 0 aliphatic carbocycles. The van der Waals surface area contributed by atoms with Gasteiger partial charge in [-0.05, 0) is 47.9 Å². The fraction of sp³-hybridized carbons (Fsp3) is 0.227. The zero-order valence-corrected chi connectivity index (χ0v) is 16.9. The molecule has 0 fully saturated rings. The van der Waals surface area contributed by atoms with E-state index in [1.807, 2.05) is 12.1 Å². The van der Waals surface area contributed by atoms with Gasteiger partial charge in [-0.15, -0.1) is 10.2 Å². The standard InChI is InChI=1S/C22H24N4O3/c1-14(2)15-8-10-16(11-9-15)23-19-12-13-20(26-25-19)24-22(27)21-17(28-3)6-5-7-18(21)29-4/h5-14H,1-4H3,(H,23,25)(H,24,26,27). The SMILES string of the molecule is COc1cccc(OC)c1C(=O)Nc1ccc(Nc2ccc(C(C)C)cc2)nn1. The number of anilines is 3. The molecule has 0 saturated carbocycles. The summed E-state index contributed by atoms with van der Waals surface area (Å²) >= 11 is 0. The second-order valence-electron chi connectivity index (χ2n) is 6.70. The van der Waals surface area contributed by atoms with Crippen LogP contribution < -0.4 is 20.1 Å². The minimum Gasteiger partial charge on any atom is -0.496 e. The smallest absolute Gasteiger partial charge is 0.264 e. The van der Waals surface area contributed by atoms with E-state index >= 15 is 0 Å². The van der Waals surface area contributed by atoms with E-state index in [4.69, 9.17) is 9.47 Å². The number of ether oxygens (including phenoxy) is 2. The maximum atomic E-state index is 12.7. The molecule has 0 aliphatic rings. The summed E-state index contributed by atoms with van der Waals surface area (Å²) in [7, 11) is 3.00. The molecule has 1 aromatic heterocycles. The van der Waals surface area contributed by atoms with Gasteiger partial charge in [0.05, 0.1) is 14.2 Å². The first-order valence-electron chi connectivity index (χ1n) is 9.25. The van der Waals surface area contributed by atoms with Gasteiger partial charge >= 0.3 is 0 Å². The van der Waals surface area contributed by atoms with Crippen LogP contribution in [0.5, 0.6) is 11.5 Å². The van der Waals surface area contributed by atoms with E-state index in [0.29, 0.717) is 34.6 Å². The summed E-state index contributed by atoms with van der Waals surface area (Å²) < 4.78 is 10.5. The number of nitrogens with zero attached hydrogens (tertiary/aromatic N) is 2. The molecule has 3 rings (SSSR count). The molecule has 1 heterocycles. The molecule has 3 aromatic rings. The fourth-order valence-electron chi connectivity index (χ4n) is 2.82. The number of hydrogen-bond donors (Lipinski definition) is 2. The molecule has 0 bridgehead atoms. The molecule has 0 unspecified atom stereocenters. The Morgan fingerprint density at radius 1 is 0.862 bits per heavy atom. The molecule has 0 radical (unpaired) electrons. The zero-order valence-electron chi connectivity index (χ0n) is 16.9. The van der Waals surface area contributed by atoms with E-state index in [1.165, 1.54) is 19.8 Å². The molecule has 150 valence electrons. The van der Waals surface area contributed by atoms with E-state index in [0.717, 1.165) is 5.69 Å². The first kappa shape index (κ1) is 20.1. The summed E-state index contributed by atoms with van der Waals surface area (Å²) in [5.74, 6) is 1.82. The molecule has 2 aromatic carbocycles. The Morgan fingerprint density at radius 3 is 1.97 bits per heavy atom. The van der Waals surface area contributed by atoms with Crippen molar-refractivity contribution in [2.45, 2.75) is 19.8 Å². The zero-order chi connectivity index (χ0) is 20.8. The van der Waals surface area contributed by atoms with Gasteiger partial charge in [-0.25, -0.2) is 0 Å². The van der Waals surface area contributed by atoms with Crippen molar-refractivity contribution in [3.63, 3.8) is 0 Å². The maximum Gasteiger partial charge on any atom is 0.264 e. The van der Waals surface area contributed by atoms with Crippen molar-refractivity contribution in [2.24, 2.45) is 0 Å². The average molecular weight is 392 g/mol. The first-order valence-corrected chi connectivity index (χ1v) is 9.25. The van der Waals surface area contributed by atoms with Gasteiger partial charge in [0, 0.05) is 5.69 Å². The van der Waals surface area contributed by atoms with Crippen molar-refractivity contribution in [3.05, 3.63) is 65.7 Å². The number of hydrogen-bond acceptors (Lipinski definition) is 6. The fourth-order valence-corrected chi connectivity index (χ4v) is 2.82. The highest BCUT2D eigenvalue weighted by molar-refractivity contribution is 6.07. The summed E-state index contributed by atoms with van der Waals surface area (Å²) in [6, 6.07) is 16.7. The highest BCUT2D eigenvalue weighted by atomic mass is 16.5. The molecule has 0 saturated heterocycles. The third kappa shape index (κ3) is 4.82. The minimum absolute atomic E-state index is 0.298. The number of methoxy groups -OCH3 is 2. The number of nitrogens with one attached hydrogen (secondary N) is 2. The van der Waals surface area contributed by atoms with Crippen molar-refractivity contribution >= 4 is 23.2 Å². The number of carbonyl (C=O) groups is 1. The van der Waals surface area contributed by atoms with Crippen molar-refractivity contribution < 1.29 is 14.3 Å². The highest BCUT2D eigenvalue weighted by Crippen LogP contribution is 2.29. The molecular weight excluding hydrogens is 368 g/mol. The molecule has 0 aliphatic heterocycles. The van der Waals surface area contributed by atoms with Crippen LogP contribution in [0.1, 0.15) is 35.7 Å². The molecule has 0 atom stereocenters. The summed E-state index contributed by atoms with van der Waals surface area (Å²) in [4.78, 5) is 12.7. The summed E-state index contributed by atoms with van der Waals surface area (Å²) in [6.45, 7) is 4.31. The third-order valence-corrected chi connectivity index (χ3v) is 4.41. The van der Waals surface area contributed by atoms with Crippen LogP contribution in [0.25, 0.3) is 0 Å². The van der Waals surface area contributed by atoms with Crippen LogP contribution in [-0.4, -0.2) is 30.3 Å². The van der Waals surface area contributed by atoms with Crippen LogP contribution in [0.3, 0.4) is 0 Å². The summed E-state index contributed by atoms with van der Waals surface area (Å²) in [5, 5.41) is 14.1. The number of rotatable bonds is 7. The van der Waals surface area contributed by atoms with Crippen molar-refractivity contribution in [1.82, 2.24) is 10.2 Å². The van der Waals surface area contributed by atoms with Gasteiger partial charge in [-0.2, -0.15) is 0 Å². The summed E-state index contributed by atoms with van der Waals surface area (Å²) in [6.07, 6.45) is 0. The van der Waals surface area contributed by atoms with Crippen LogP contribution in [0, 0.1) is 0 Å². The van der Waals surface area contributed by atoms with Gasteiger partial charge in [-0.3, -0.25) is 4.79 Å². The minimum atomic E-state index is -0.390. The van der Waals surface area contributed by atoms with Crippen LogP contribution in [0.2, 0.25) is 0 Å². The topological polar surface area (TPSA) is 85.4 Å². The van der Waals surface area contributed by atoms with Crippen molar-refractivity contribution in [3.8, 4) is 11.5 Å². The number of aromatic nitrogens is 2. The molecule has 1 amide bonds. The Bertz CT molecular complexity index is 948. The first-order chi connectivity index (χ1) is 14.0. The van der Waals surface area contributed by atoms with Crippen LogP contribution >= 0.6 is 0 Å². The van der Waals surface area contributed by atoms with E-state index in [1.54, 1.807) is 30.3 Å². The predicted molar refractivity (Wildman–Crippen MR) is 113 cm³/mol. The molecule has 29 heavy (non-hydrogen) atoms. The molecule has 2 N–H and O–H groups in total. The number of benzene rings is 2. The lowest BCUT2D eigenvalue weighted by Gasteiger charge is -2.12. The van der Waals surface area contributed by atoms with E-state index in [2.05, 4.69) is 46.8 Å². The van der Waals surface area contributed by atoms with Gasteiger partial charge < -0.3 is 20.1 Å². The lowest BCUT2D eigenvalue weighted by molar-refractivity contribution is 0.102. The van der Waals surface area contributed by atoms with Crippen LogP contribution in [0.4, 0.5) is 17.3 Å². The Balaban J connectivity index is 1.70. The lowest BCUT2D eigenvalue weighted by atomic mass is 10.0. The Hall–Kier alpha value is -3.61. The Kier molecular flexibility index (Phi) is 6.29. The van der Waals surface area contributed by atoms with Gasteiger partial charge in [0.25, 0.3) is 5.91 Å². The van der Waals surface area contributed by atoms with Crippen molar-refractivity contribution in [1.29, 1.82) is 0 Å². The molecule has 7 heteroatoms. The maximum absolute atomic E-state index is 12.7. The average Bonchev–Trinajstić information content (AvgIpc) is 2.74. The Morgan fingerprint density at radius 2 is 1.45 bits per heavy atom. The highest BCUT2D eigenvalue weighted by Gasteiger charge is 2.18. The largest absolute Gasteiger partial charge is 0.496 e. The molecular formula is C22H24N4O3. The van der Waals surface area contributed by atoms with Crippen LogP contribution in [0.15, 0.2) is 54.6 Å². The van der Waals surface area contributed by atoms with Gasteiger partial charge in [0.1, 0.15) is 17.1 Å². The van der Waals surface area contributed by atoms with Gasteiger partial charge in [0.15, 0.2) is 11.6 Å². The van der Waals surface area contributed by atoms with E-state index < -0.39 is 5.91 Å². The normalized spacial score (nSPS) is 10.5. The third-order valence-electron chi connectivity index (χ3n) is 4.41. The lowest BCUT2D eigenvalue weighted by Crippen LogP contribution is -2.15. The van der Waals surface area contributed by atoms with Crippen molar-refractivity contribution in [2.75, 3.05) is 24.9 Å². The summed E-state index contributed by atoms with van der Waals surface area (Å²) in [5.41, 5.74) is 2.48. The van der Waals surface area contributed by atoms with E-state index in [9.17, 15) is 4.79 Å². The second kappa shape index (κ2) is 9.05. The Labute approximate surface area is 170 Å². The van der Waals surface area contributed by atoms with Crippen LogP contribution in [-0.2, 0) is 0 Å². The predicted octanol–water partition coefficient (Wildman–Crippen LogP) is 4.61. The number of amides is 1. The molecule has 7 nitrogen and oxygen atoms in total.